The molecule has 1 heterocycles. The van der Waals surface area contributed by atoms with E-state index in [0.717, 1.165) is 22.7 Å². The van der Waals surface area contributed by atoms with Gasteiger partial charge in [-0.05, 0) is 38.1 Å². The van der Waals surface area contributed by atoms with Gasteiger partial charge in [-0.2, -0.15) is 0 Å². The average Bonchev–Trinajstić information content (AvgIpc) is 2.74. The lowest BCUT2D eigenvalue weighted by Gasteiger charge is -2.15. The minimum Gasteiger partial charge on any atom is -0.307 e. The summed E-state index contributed by atoms with van der Waals surface area (Å²) >= 11 is 7.78. The zero-order chi connectivity index (χ0) is 14.0. The van der Waals surface area contributed by atoms with Crippen LogP contribution in [-0.4, -0.2) is 12.0 Å². The van der Waals surface area contributed by atoms with Crippen LogP contribution in [0.15, 0.2) is 18.2 Å². The van der Waals surface area contributed by atoms with E-state index in [4.69, 9.17) is 11.6 Å². The first-order valence-corrected chi connectivity index (χ1v) is 7.34. The minimum absolute atomic E-state index is 0.0999. The van der Waals surface area contributed by atoms with Gasteiger partial charge in [-0.25, -0.2) is 9.37 Å². The first-order chi connectivity index (χ1) is 9.06. The van der Waals surface area contributed by atoms with E-state index in [0.29, 0.717) is 5.02 Å². The Kier molecular flexibility index (Phi) is 4.55. The molecule has 19 heavy (non-hydrogen) atoms. The second kappa shape index (κ2) is 5.99. The maximum atomic E-state index is 13.1. The highest BCUT2D eigenvalue weighted by Crippen LogP contribution is 2.32. The molecular weight excluding hydrogens is 283 g/mol. The van der Waals surface area contributed by atoms with Crippen molar-refractivity contribution in [3.63, 3.8) is 0 Å². The third kappa shape index (κ3) is 2.96. The van der Waals surface area contributed by atoms with Gasteiger partial charge in [-0.15, -0.1) is 11.3 Å². The van der Waals surface area contributed by atoms with Crippen molar-refractivity contribution in [1.82, 2.24) is 10.3 Å². The highest BCUT2D eigenvalue weighted by molar-refractivity contribution is 7.11. The Morgan fingerprint density at radius 1 is 1.47 bits per heavy atom. The van der Waals surface area contributed by atoms with E-state index >= 15 is 0 Å². The van der Waals surface area contributed by atoms with E-state index in [1.165, 1.54) is 17.0 Å². The Balaban J connectivity index is 2.43. The molecule has 0 saturated heterocycles. The molecule has 2 nitrogen and oxygen atoms in total. The molecule has 2 aromatic rings. The molecule has 1 N–H and O–H groups in total. The number of hydrogen-bond donors (Lipinski definition) is 1. The predicted molar refractivity (Wildman–Crippen MR) is 78.5 cm³/mol. The Morgan fingerprint density at radius 2 is 2.21 bits per heavy atom. The number of aromatic nitrogens is 1. The number of nitrogens with zero attached hydrogens (tertiary/aromatic N) is 1. The molecule has 1 aromatic heterocycles. The Morgan fingerprint density at radius 3 is 2.74 bits per heavy atom. The molecule has 0 fully saturated rings. The van der Waals surface area contributed by atoms with Gasteiger partial charge in [0.1, 0.15) is 10.8 Å². The van der Waals surface area contributed by atoms with Gasteiger partial charge in [-0.1, -0.05) is 24.6 Å². The minimum atomic E-state index is -0.326. The number of halogens is 2. The highest BCUT2D eigenvalue weighted by atomic mass is 35.5. The SMILES string of the molecule is CCc1nc(C(NC)c2ccc(F)cc2Cl)sc1C. The van der Waals surface area contributed by atoms with Crippen molar-refractivity contribution in [3.05, 3.63) is 50.2 Å². The van der Waals surface area contributed by atoms with Crippen molar-refractivity contribution in [2.75, 3.05) is 7.05 Å². The number of hydrogen-bond acceptors (Lipinski definition) is 3. The van der Waals surface area contributed by atoms with Crippen LogP contribution in [-0.2, 0) is 6.42 Å². The summed E-state index contributed by atoms with van der Waals surface area (Å²) in [6.07, 6.45) is 0.913. The summed E-state index contributed by atoms with van der Waals surface area (Å²) in [5, 5.41) is 4.59. The van der Waals surface area contributed by atoms with Crippen molar-refractivity contribution in [2.24, 2.45) is 0 Å². The maximum absolute atomic E-state index is 13.1. The summed E-state index contributed by atoms with van der Waals surface area (Å²) < 4.78 is 13.1. The van der Waals surface area contributed by atoms with Gasteiger partial charge in [0.2, 0.25) is 0 Å². The summed E-state index contributed by atoms with van der Waals surface area (Å²) in [6, 6.07) is 4.37. The maximum Gasteiger partial charge on any atom is 0.124 e. The monoisotopic (exact) mass is 298 g/mol. The molecule has 0 radical (unpaired) electrons. The molecule has 0 aliphatic carbocycles. The number of nitrogens with one attached hydrogen (secondary N) is 1. The van der Waals surface area contributed by atoms with Crippen LogP contribution in [0.1, 0.15) is 34.1 Å². The standard InChI is InChI=1S/C14H16ClFN2S/c1-4-12-8(2)19-14(18-12)13(17-3)10-6-5-9(16)7-11(10)15/h5-7,13,17H,4H2,1-3H3. The summed E-state index contributed by atoms with van der Waals surface area (Å²) in [6.45, 7) is 4.16. The van der Waals surface area contributed by atoms with Crippen molar-refractivity contribution in [3.8, 4) is 0 Å². The quantitative estimate of drug-likeness (QED) is 0.918. The van der Waals surface area contributed by atoms with Crippen molar-refractivity contribution >= 4 is 22.9 Å². The van der Waals surface area contributed by atoms with E-state index in [1.807, 2.05) is 7.05 Å². The lowest BCUT2D eigenvalue weighted by molar-refractivity contribution is 0.623. The highest BCUT2D eigenvalue weighted by Gasteiger charge is 2.20. The third-order valence-corrected chi connectivity index (χ3v) is 4.46. The number of rotatable bonds is 4. The molecule has 0 aliphatic rings. The van der Waals surface area contributed by atoms with Gasteiger partial charge >= 0.3 is 0 Å². The van der Waals surface area contributed by atoms with Crippen molar-refractivity contribution < 1.29 is 4.39 Å². The topological polar surface area (TPSA) is 24.9 Å². The van der Waals surface area contributed by atoms with Crippen LogP contribution in [0.4, 0.5) is 4.39 Å². The van der Waals surface area contributed by atoms with E-state index in [2.05, 4.69) is 24.1 Å². The van der Waals surface area contributed by atoms with Crippen LogP contribution >= 0.6 is 22.9 Å². The fourth-order valence-electron chi connectivity index (χ4n) is 2.05. The molecule has 0 bridgehead atoms. The van der Waals surface area contributed by atoms with Gasteiger partial charge in [0, 0.05) is 9.90 Å². The lowest BCUT2D eigenvalue weighted by Crippen LogP contribution is -2.18. The first-order valence-electron chi connectivity index (χ1n) is 6.15. The summed E-state index contributed by atoms with van der Waals surface area (Å²) in [5.41, 5.74) is 1.96. The zero-order valence-electron chi connectivity index (χ0n) is 11.1. The summed E-state index contributed by atoms with van der Waals surface area (Å²) in [4.78, 5) is 5.86. The largest absolute Gasteiger partial charge is 0.307 e. The van der Waals surface area contributed by atoms with Crippen LogP contribution in [0.5, 0.6) is 0 Å². The smallest absolute Gasteiger partial charge is 0.124 e. The average molecular weight is 299 g/mol. The second-order valence-electron chi connectivity index (χ2n) is 4.30. The van der Waals surface area contributed by atoms with E-state index < -0.39 is 0 Å². The fraction of sp³-hybridized carbons (Fsp3) is 0.357. The fourth-order valence-corrected chi connectivity index (χ4v) is 3.47. The predicted octanol–water partition coefficient (Wildman–Crippen LogP) is 4.12. The lowest BCUT2D eigenvalue weighted by atomic mass is 10.1. The van der Waals surface area contributed by atoms with Gasteiger partial charge in [0.25, 0.3) is 0 Å². The second-order valence-corrected chi connectivity index (χ2v) is 5.94. The molecule has 0 spiro atoms. The first kappa shape index (κ1) is 14.4. The van der Waals surface area contributed by atoms with Crippen molar-refractivity contribution in [1.29, 1.82) is 0 Å². The molecule has 1 atom stereocenters. The molecule has 0 saturated carbocycles. The van der Waals surface area contributed by atoms with Gasteiger partial charge < -0.3 is 5.32 Å². The molecule has 1 unspecified atom stereocenters. The van der Waals surface area contributed by atoms with Crippen LogP contribution in [0, 0.1) is 12.7 Å². The molecule has 102 valence electrons. The molecule has 0 amide bonds. The summed E-state index contributed by atoms with van der Waals surface area (Å²) in [7, 11) is 1.85. The van der Waals surface area contributed by atoms with Crippen LogP contribution in [0.2, 0.25) is 5.02 Å². The number of aryl methyl sites for hydroxylation is 2. The van der Waals surface area contributed by atoms with E-state index in [-0.39, 0.29) is 11.9 Å². The molecule has 2 rings (SSSR count). The van der Waals surface area contributed by atoms with Crippen LogP contribution < -0.4 is 5.32 Å². The Hall–Kier alpha value is -0.970. The molecule has 5 heteroatoms. The molecule has 0 aliphatic heterocycles. The number of thiazole rings is 1. The van der Waals surface area contributed by atoms with Gasteiger partial charge in [0.05, 0.1) is 11.7 Å². The van der Waals surface area contributed by atoms with Gasteiger partial charge in [-0.3, -0.25) is 0 Å². The number of benzene rings is 1. The normalized spacial score (nSPS) is 12.7. The van der Waals surface area contributed by atoms with Gasteiger partial charge in [0.15, 0.2) is 0 Å². The third-order valence-electron chi connectivity index (χ3n) is 3.05. The Labute approximate surface area is 121 Å². The zero-order valence-corrected chi connectivity index (χ0v) is 12.7. The van der Waals surface area contributed by atoms with Crippen LogP contribution in [0.3, 0.4) is 0 Å². The van der Waals surface area contributed by atoms with E-state index in [9.17, 15) is 4.39 Å². The van der Waals surface area contributed by atoms with Crippen LogP contribution in [0.25, 0.3) is 0 Å². The molecular formula is C14H16ClFN2S. The Bertz CT molecular complexity index is 583. The van der Waals surface area contributed by atoms with Crippen molar-refractivity contribution in [2.45, 2.75) is 26.3 Å². The molecule has 1 aromatic carbocycles. The van der Waals surface area contributed by atoms with E-state index in [1.54, 1.807) is 17.4 Å². The summed E-state index contributed by atoms with van der Waals surface area (Å²) in [5.74, 6) is -0.326.